The van der Waals surface area contributed by atoms with Crippen molar-refractivity contribution in [3.63, 3.8) is 0 Å². The van der Waals surface area contributed by atoms with Gasteiger partial charge in [0.1, 0.15) is 5.75 Å². The Labute approximate surface area is 172 Å². The number of nitriles is 1. The van der Waals surface area contributed by atoms with Gasteiger partial charge in [-0.3, -0.25) is 4.79 Å². The van der Waals surface area contributed by atoms with E-state index in [0.29, 0.717) is 31.0 Å². The van der Waals surface area contributed by atoms with Crippen molar-refractivity contribution in [2.24, 2.45) is 0 Å². The first-order valence-corrected chi connectivity index (χ1v) is 9.74. The van der Waals surface area contributed by atoms with Crippen LogP contribution in [0, 0.1) is 11.3 Å². The zero-order valence-corrected chi connectivity index (χ0v) is 16.3. The summed E-state index contributed by atoms with van der Waals surface area (Å²) in [5.41, 5.74) is 2.74. The fourth-order valence-corrected chi connectivity index (χ4v) is 3.10. The molecule has 0 N–H and O–H groups in total. The standard InChI is InChI=1S/C25H24N2O2/c26-17-9-18-27(20-22-12-5-2-6-13-22)25(28)23-14-7-8-15-24(23)29-19-16-21-10-3-1-4-11-21/h1-8,10-15H,9,16,18-20H2. The van der Waals surface area contributed by atoms with E-state index in [1.165, 1.54) is 5.56 Å². The third-order valence-electron chi connectivity index (χ3n) is 4.61. The smallest absolute Gasteiger partial charge is 0.257 e. The molecule has 0 saturated heterocycles. The number of para-hydroxylation sites is 1. The maximum absolute atomic E-state index is 13.2. The van der Waals surface area contributed by atoms with Gasteiger partial charge in [-0.2, -0.15) is 5.26 Å². The molecule has 1 amide bonds. The maximum Gasteiger partial charge on any atom is 0.257 e. The summed E-state index contributed by atoms with van der Waals surface area (Å²) in [7, 11) is 0. The molecular formula is C25H24N2O2. The number of nitrogens with zero attached hydrogens (tertiary/aromatic N) is 2. The molecule has 29 heavy (non-hydrogen) atoms. The molecule has 3 aromatic carbocycles. The number of carbonyl (C=O) groups excluding carboxylic acids is 1. The van der Waals surface area contributed by atoms with E-state index >= 15 is 0 Å². The van der Waals surface area contributed by atoms with Crippen LogP contribution in [0.25, 0.3) is 0 Å². The number of hydrogen-bond donors (Lipinski definition) is 0. The lowest BCUT2D eigenvalue weighted by atomic mass is 10.1. The van der Waals surface area contributed by atoms with Gasteiger partial charge >= 0.3 is 0 Å². The van der Waals surface area contributed by atoms with Crippen LogP contribution in [0.4, 0.5) is 0 Å². The van der Waals surface area contributed by atoms with Crippen LogP contribution in [0.5, 0.6) is 5.75 Å². The lowest BCUT2D eigenvalue weighted by Gasteiger charge is -2.23. The van der Waals surface area contributed by atoms with E-state index in [9.17, 15) is 4.79 Å². The van der Waals surface area contributed by atoms with E-state index in [4.69, 9.17) is 10.00 Å². The Kier molecular flexibility index (Phi) is 7.42. The Morgan fingerprint density at radius 1 is 0.862 bits per heavy atom. The number of hydrogen-bond acceptors (Lipinski definition) is 3. The topological polar surface area (TPSA) is 53.3 Å². The quantitative estimate of drug-likeness (QED) is 0.529. The summed E-state index contributed by atoms with van der Waals surface area (Å²) in [6, 6.07) is 29.4. The van der Waals surface area contributed by atoms with Crippen molar-refractivity contribution in [3.8, 4) is 11.8 Å². The molecular weight excluding hydrogens is 360 g/mol. The van der Waals surface area contributed by atoms with Gasteiger partial charge in [0.2, 0.25) is 0 Å². The van der Waals surface area contributed by atoms with Gasteiger partial charge in [0.15, 0.2) is 0 Å². The van der Waals surface area contributed by atoms with Crippen LogP contribution in [0.15, 0.2) is 84.9 Å². The normalized spacial score (nSPS) is 10.2. The highest BCUT2D eigenvalue weighted by Gasteiger charge is 2.19. The van der Waals surface area contributed by atoms with E-state index in [1.807, 2.05) is 66.7 Å². The summed E-state index contributed by atoms with van der Waals surface area (Å²) in [6.07, 6.45) is 1.06. The zero-order chi connectivity index (χ0) is 20.3. The monoisotopic (exact) mass is 384 g/mol. The molecule has 0 spiro atoms. The molecule has 0 fully saturated rings. The average molecular weight is 384 g/mol. The molecule has 3 aromatic rings. The van der Waals surface area contributed by atoms with Crippen LogP contribution in [0.1, 0.15) is 27.9 Å². The highest BCUT2D eigenvalue weighted by Crippen LogP contribution is 2.21. The minimum atomic E-state index is -0.126. The molecule has 4 nitrogen and oxygen atoms in total. The lowest BCUT2D eigenvalue weighted by Crippen LogP contribution is -2.31. The van der Waals surface area contributed by atoms with E-state index in [-0.39, 0.29) is 12.3 Å². The SMILES string of the molecule is N#CCCN(Cc1ccccc1)C(=O)c1ccccc1OCCc1ccccc1. The molecule has 0 bridgehead atoms. The third kappa shape index (κ3) is 5.95. The predicted molar refractivity (Wildman–Crippen MR) is 113 cm³/mol. The zero-order valence-electron chi connectivity index (χ0n) is 16.3. The summed E-state index contributed by atoms with van der Waals surface area (Å²) in [5, 5.41) is 9.00. The Balaban J connectivity index is 1.72. The molecule has 146 valence electrons. The molecule has 0 unspecified atom stereocenters. The van der Waals surface area contributed by atoms with Gasteiger partial charge in [0, 0.05) is 19.5 Å². The minimum Gasteiger partial charge on any atom is -0.492 e. The number of ether oxygens (including phenoxy) is 1. The first kappa shape index (κ1) is 20.2. The summed E-state index contributed by atoms with van der Waals surface area (Å²) in [4.78, 5) is 15.0. The number of rotatable bonds is 9. The molecule has 4 heteroatoms. The van der Waals surface area contributed by atoms with Crippen LogP contribution in [-0.2, 0) is 13.0 Å². The van der Waals surface area contributed by atoms with Gasteiger partial charge < -0.3 is 9.64 Å². The average Bonchev–Trinajstić information content (AvgIpc) is 2.78. The van der Waals surface area contributed by atoms with Crippen LogP contribution in [0.3, 0.4) is 0 Å². The Hall–Kier alpha value is -3.58. The van der Waals surface area contributed by atoms with E-state index in [0.717, 1.165) is 12.0 Å². The molecule has 0 aliphatic heterocycles. The second kappa shape index (κ2) is 10.7. The second-order valence-corrected chi connectivity index (χ2v) is 6.70. The minimum absolute atomic E-state index is 0.126. The Morgan fingerprint density at radius 2 is 1.48 bits per heavy atom. The van der Waals surface area contributed by atoms with Crippen LogP contribution in [0.2, 0.25) is 0 Å². The summed E-state index contributed by atoms with van der Waals surface area (Å²) >= 11 is 0. The predicted octanol–water partition coefficient (Wildman–Crippen LogP) is 4.86. The highest BCUT2D eigenvalue weighted by molar-refractivity contribution is 5.97. The number of carbonyl (C=O) groups is 1. The molecule has 0 heterocycles. The highest BCUT2D eigenvalue weighted by atomic mass is 16.5. The van der Waals surface area contributed by atoms with Crippen molar-refractivity contribution in [2.45, 2.75) is 19.4 Å². The molecule has 0 radical (unpaired) electrons. The fraction of sp³-hybridized carbons (Fsp3) is 0.200. The molecule has 0 aromatic heterocycles. The largest absolute Gasteiger partial charge is 0.492 e. The van der Waals surface area contributed by atoms with E-state index in [1.54, 1.807) is 11.0 Å². The van der Waals surface area contributed by atoms with Crippen LogP contribution >= 0.6 is 0 Å². The van der Waals surface area contributed by atoms with E-state index in [2.05, 4.69) is 18.2 Å². The maximum atomic E-state index is 13.2. The molecule has 3 rings (SSSR count). The van der Waals surface area contributed by atoms with Crippen molar-refractivity contribution in [2.75, 3.05) is 13.2 Å². The first-order valence-electron chi connectivity index (χ1n) is 9.74. The van der Waals surface area contributed by atoms with Gasteiger partial charge in [0.25, 0.3) is 5.91 Å². The number of amides is 1. The van der Waals surface area contributed by atoms with Crippen molar-refractivity contribution in [1.82, 2.24) is 4.90 Å². The van der Waals surface area contributed by atoms with Crippen molar-refractivity contribution < 1.29 is 9.53 Å². The summed E-state index contributed by atoms with van der Waals surface area (Å²) in [5.74, 6) is 0.447. The molecule has 0 saturated carbocycles. The van der Waals surface area contributed by atoms with Gasteiger partial charge in [-0.25, -0.2) is 0 Å². The van der Waals surface area contributed by atoms with Crippen molar-refractivity contribution in [1.29, 1.82) is 5.26 Å². The van der Waals surface area contributed by atoms with Crippen molar-refractivity contribution in [3.05, 3.63) is 102 Å². The van der Waals surface area contributed by atoms with Gasteiger partial charge in [-0.05, 0) is 23.3 Å². The Morgan fingerprint density at radius 3 is 2.17 bits per heavy atom. The molecule has 0 atom stereocenters. The molecule has 0 aliphatic carbocycles. The van der Waals surface area contributed by atoms with Gasteiger partial charge in [0.05, 0.1) is 24.7 Å². The fourth-order valence-electron chi connectivity index (χ4n) is 3.10. The molecule has 0 aliphatic rings. The second-order valence-electron chi connectivity index (χ2n) is 6.70. The Bertz CT molecular complexity index is 949. The van der Waals surface area contributed by atoms with Crippen LogP contribution < -0.4 is 4.74 Å². The summed E-state index contributed by atoms with van der Waals surface area (Å²) < 4.78 is 5.95. The van der Waals surface area contributed by atoms with Gasteiger partial charge in [-0.15, -0.1) is 0 Å². The van der Waals surface area contributed by atoms with E-state index < -0.39 is 0 Å². The summed E-state index contributed by atoms with van der Waals surface area (Å²) in [6.45, 7) is 1.33. The van der Waals surface area contributed by atoms with Crippen LogP contribution in [-0.4, -0.2) is 24.0 Å². The third-order valence-corrected chi connectivity index (χ3v) is 4.61. The van der Waals surface area contributed by atoms with Crippen molar-refractivity contribution >= 4 is 5.91 Å². The first-order chi connectivity index (χ1) is 14.3. The number of benzene rings is 3. The lowest BCUT2D eigenvalue weighted by molar-refractivity contribution is 0.0742. The van der Waals surface area contributed by atoms with Gasteiger partial charge in [-0.1, -0.05) is 72.8 Å².